The molecule has 0 aliphatic rings. The number of aromatic hydroxyl groups is 2. The molecule has 1 aromatic rings. The highest BCUT2D eigenvalue weighted by Gasteiger charge is 2.07. The minimum Gasteiger partial charge on any atom is -0.504 e. The summed E-state index contributed by atoms with van der Waals surface area (Å²) in [5.41, 5.74) is 1.52. The van der Waals surface area contributed by atoms with E-state index in [2.05, 4.69) is 0 Å². The van der Waals surface area contributed by atoms with E-state index in [1.54, 1.807) is 13.0 Å². The van der Waals surface area contributed by atoms with Gasteiger partial charge in [0.05, 0.1) is 6.61 Å². The molecule has 0 saturated heterocycles. The predicted molar refractivity (Wildman–Crippen MR) is 59.7 cm³/mol. The highest BCUT2D eigenvalue weighted by Crippen LogP contribution is 2.30. The number of hydrogen-bond donors (Lipinski definition) is 3. The van der Waals surface area contributed by atoms with Gasteiger partial charge in [0.25, 0.3) is 0 Å². The zero-order chi connectivity index (χ0) is 12.1. The monoisotopic (exact) mass is 222 g/mol. The molecule has 0 fully saturated rings. The van der Waals surface area contributed by atoms with Crippen molar-refractivity contribution in [1.29, 1.82) is 0 Å². The van der Waals surface area contributed by atoms with Gasteiger partial charge in [0, 0.05) is 11.1 Å². The Morgan fingerprint density at radius 3 is 2.62 bits per heavy atom. The lowest BCUT2D eigenvalue weighted by Gasteiger charge is -2.05. The Labute approximate surface area is 93.5 Å². The number of benzene rings is 1. The van der Waals surface area contributed by atoms with Crippen molar-refractivity contribution in [2.75, 3.05) is 6.61 Å². The van der Waals surface area contributed by atoms with Crippen molar-refractivity contribution in [2.45, 2.75) is 13.3 Å². The van der Waals surface area contributed by atoms with Crippen LogP contribution in [0, 0.1) is 0 Å². The van der Waals surface area contributed by atoms with Crippen molar-refractivity contribution in [3.63, 3.8) is 0 Å². The summed E-state index contributed by atoms with van der Waals surface area (Å²) in [6, 6.07) is 2.71. The molecule has 16 heavy (non-hydrogen) atoms. The summed E-state index contributed by atoms with van der Waals surface area (Å²) < 4.78 is 0. The predicted octanol–water partition coefficient (Wildman–Crippen LogP) is 1.39. The smallest absolute Gasteiger partial charge is 0.161 e. The van der Waals surface area contributed by atoms with Gasteiger partial charge in [0.1, 0.15) is 6.29 Å². The average molecular weight is 222 g/mol. The first-order chi connectivity index (χ1) is 7.58. The molecule has 0 aliphatic carbocycles. The number of hydrogen-bond acceptors (Lipinski definition) is 4. The molecule has 0 aromatic heterocycles. The number of aliphatic hydroxyl groups is 1. The lowest BCUT2D eigenvalue weighted by Crippen LogP contribution is -1.90. The maximum Gasteiger partial charge on any atom is 0.161 e. The number of carbonyl (C=O) groups is 1. The molecular formula is C12H14O4. The first-order valence-corrected chi connectivity index (χ1v) is 4.85. The van der Waals surface area contributed by atoms with Crippen LogP contribution >= 0.6 is 0 Å². The molecule has 0 bridgehead atoms. The van der Waals surface area contributed by atoms with Gasteiger partial charge in [0.15, 0.2) is 11.5 Å². The molecule has 0 atom stereocenters. The second-order valence-electron chi connectivity index (χ2n) is 3.58. The van der Waals surface area contributed by atoms with E-state index in [4.69, 9.17) is 5.11 Å². The lowest BCUT2D eigenvalue weighted by atomic mass is 10.0. The Kier molecular flexibility index (Phi) is 4.08. The Morgan fingerprint density at radius 1 is 1.38 bits per heavy atom. The van der Waals surface area contributed by atoms with Gasteiger partial charge in [-0.05, 0) is 25.5 Å². The summed E-state index contributed by atoms with van der Waals surface area (Å²) in [7, 11) is 0. The van der Waals surface area contributed by atoms with Gasteiger partial charge in [0.2, 0.25) is 0 Å². The van der Waals surface area contributed by atoms with Crippen molar-refractivity contribution in [3.05, 3.63) is 34.9 Å². The van der Waals surface area contributed by atoms with Crippen LogP contribution in [0.1, 0.15) is 22.8 Å². The number of aliphatic hydroxyl groups excluding tert-OH is 1. The molecular weight excluding hydrogens is 208 g/mol. The van der Waals surface area contributed by atoms with Crippen LogP contribution in [0.5, 0.6) is 11.5 Å². The molecule has 4 nitrogen and oxygen atoms in total. The summed E-state index contributed by atoms with van der Waals surface area (Å²) in [4.78, 5) is 10.6. The van der Waals surface area contributed by atoms with Gasteiger partial charge < -0.3 is 15.3 Å². The van der Waals surface area contributed by atoms with Crippen LogP contribution in [0.15, 0.2) is 23.8 Å². The first-order valence-electron chi connectivity index (χ1n) is 4.85. The largest absolute Gasteiger partial charge is 0.504 e. The maximum atomic E-state index is 10.6. The SMILES string of the molecule is C/C(=C/Cc1cc(C=O)cc(O)c1O)CO. The number of carbonyl (C=O) groups excluding carboxylic acids is 1. The molecule has 0 amide bonds. The highest BCUT2D eigenvalue weighted by molar-refractivity contribution is 5.77. The van der Waals surface area contributed by atoms with E-state index in [9.17, 15) is 15.0 Å². The van der Waals surface area contributed by atoms with Crippen LogP contribution in [0.25, 0.3) is 0 Å². The molecule has 1 rings (SSSR count). The van der Waals surface area contributed by atoms with Crippen molar-refractivity contribution in [1.82, 2.24) is 0 Å². The molecule has 0 saturated carbocycles. The van der Waals surface area contributed by atoms with E-state index in [1.165, 1.54) is 12.1 Å². The van der Waals surface area contributed by atoms with Crippen LogP contribution in [-0.4, -0.2) is 28.2 Å². The Bertz CT molecular complexity index is 421. The van der Waals surface area contributed by atoms with Crippen LogP contribution in [0.4, 0.5) is 0 Å². The number of aldehydes is 1. The van der Waals surface area contributed by atoms with Crippen molar-refractivity contribution < 1.29 is 20.1 Å². The van der Waals surface area contributed by atoms with Crippen molar-refractivity contribution >= 4 is 6.29 Å². The van der Waals surface area contributed by atoms with Crippen LogP contribution in [-0.2, 0) is 6.42 Å². The molecule has 0 spiro atoms. The zero-order valence-electron chi connectivity index (χ0n) is 8.97. The second-order valence-corrected chi connectivity index (χ2v) is 3.58. The zero-order valence-corrected chi connectivity index (χ0v) is 8.97. The van der Waals surface area contributed by atoms with Gasteiger partial charge in [-0.3, -0.25) is 4.79 Å². The van der Waals surface area contributed by atoms with Gasteiger partial charge in [-0.1, -0.05) is 11.6 Å². The van der Waals surface area contributed by atoms with E-state index in [1.807, 2.05) is 0 Å². The highest BCUT2D eigenvalue weighted by atomic mass is 16.3. The molecule has 3 N–H and O–H groups in total. The minimum atomic E-state index is -0.311. The van der Waals surface area contributed by atoms with E-state index in [0.717, 1.165) is 5.57 Å². The van der Waals surface area contributed by atoms with E-state index in [0.29, 0.717) is 23.8 Å². The van der Waals surface area contributed by atoms with Gasteiger partial charge >= 0.3 is 0 Å². The van der Waals surface area contributed by atoms with E-state index in [-0.39, 0.29) is 18.1 Å². The van der Waals surface area contributed by atoms with Crippen LogP contribution in [0.3, 0.4) is 0 Å². The number of rotatable bonds is 4. The van der Waals surface area contributed by atoms with Crippen molar-refractivity contribution in [3.8, 4) is 11.5 Å². The Hall–Kier alpha value is -1.81. The van der Waals surface area contributed by atoms with Gasteiger partial charge in [-0.2, -0.15) is 0 Å². The molecule has 0 radical (unpaired) electrons. The number of phenols is 2. The fraction of sp³-hybridized carbons (Fsp3) is 0.250. The first kappa shape index (κ1) is 12.3. The Morgan fingerprint density at radius 2 is 2.06 bits per heavy atom. The van der Waals surface area contributed by atoms with Gasteiger partial charge in [-0.15, -0.1) is 0 Å². The normalized spacial score (nSPS) is 11.5. The third-order valence-electron chi connectivity index (χ3n) is 2.25. The molecule has 0 heterocycles. The topological polar surface area (TPSA) is 77.8 Å². The fourth-order valence-corrected chi connectivity index (χ4v) is 1.27. The lowest BCUT2D eigenvalue weighted by molar-refractivity contribution is 0.112. The molecule has 86 valence electrons. The standard InChI is InChI=1S/C12H14O4/c1-8(6-13)2-3-10-4-9(7-14)5-11(15)12(10)16/h2,4-5,7,13,15-16H,3,6H2,1H3/b8-2-. The quantitative estimate of drug-likeness (QED) is 0.408. The summed E-state index contributed by atoms with van der Waals surface area (Å²) in [5.74, 6) is -0.540. The number of phenolic OH excluding ortho intramolecular Hbond substituents is 2. The summed E-state index contributed by atoms with van der Waals surface area (Å²) in [5, 5.41) is 27.7. The molecule has 4 heteroatoms. The van der Waals surface area contributed by atoms with Crippen LogP contribution in [0.2, 0.25) is 0 Å². The number of allylic oxidation sites excluding steroid dienone is 1. The second kappa shape index (κ2) is 5.32. The fourth-order valence-electron chi connectivity index (χ4n) is 1.27. The summed E-state index contributed by atoms with van der Waals surface area (Å²) in [6.07, 6.45) is 2.68. The summed E-state index contributed by atoms with van der Waals surface area (Å²) in [6.45, 7) is 1.70. The molecule has 0 unspecified atom stereocenters. The van der Waals surface area contributed by atoms with Gasteiger partial charge in [-0.25, -0.2) is 0 Å². The molecule has 0 aliphatic heterocycles. The molecule has 1 aromatic carbocycles. The van der Waals surface area contributed by atoms with Crippen molar-refractivity contribution in [2.24, 2.45) is 0 Å². The average Bonchev–Trinajstić information content (AvgIpc) is 2.30. The van der Waals surface area contributed by atoms with E-state index < -0.39 is 0 Å². The maximum absolute atomic E-state index is 10.6. The Balaban J connectivity index is 3.03. The third kappa shape index (κ3) is 2.84. The van der Waals surface area contributed by atoms with E-state index >= 15 is 0 Å². The van der Waals surface area contributed by atoms with Crippen LogP contribution < -0.4 is 0 Å². The summed E-state index contributed by atoms with van der Waals surface area (Å²) >= 11 is 0. The minimum absolute atomic E-state index is 0.0554. The third-order valence-corrected chi connectivity index (χ3v) is 2.25.